The maximum absolute atomic E-state index is 11.7. The highest BCUT2D eigenvalue weighted by atomic mass is 16.5. The molecule has 2 rings (SSSR count). The lowest BCUT2D eigenvalue weighted by atomic mass is 9.91. The first-order valence-electron chi connectivity index (χ1n) is 7.21. The minimum Gasteiger partial charge on any atom is -0.462 e. The van der Waals surface area contributed by atoms with Crippen LogP contribution in [0.2, 0.25) is 0 Å². The van der Waals surface area contributed by atoms with Crippen molar-refractivity contribution in [2.24, 2.45) is 0 Å². The van der Waals surface area contributed by atoms with Crippen molar-refractivity contribution in [3.8, 4) is 0 Å². The number of hydrogen-bond donors (Lipinski definition) is 1. The molecule has 1 aliphatic carbocycles. The summed E-state index contributed by atoms with van der Waals surface area (Å²) in [5.74, 6) is -0.164. The third-order valence-corrected chi connectivity index (χ3v) is 3.44. The Kier molecular flexibility index (Phi) is 4.64. The molecule has 0 radical (unpaired) electrons. The molecule has 0 spiro atoms. The molecule has 4 nitrogen and oxygen atoms in total. The number of nitrogens with zero attached hydrogens (tertiary/aromatic N) is 1. The van der Waals surface area contributed by atoms with Gasteiger partial charge in [0.2, 0.25) is 0 Å². The van der Waals surface area contributed by atoms with E-state index in [1.807, 2.05) is 18.4 Å². The summed E-state index contributed by atoms with van der Waals surface area (Å²) in [4.78, 5) is 11.7. The quantitative estimate of drug-likeness (QED) is 0.831. The van der Waals surface area contributed by atoms with Crippen LogP contribution >= 0.6 is 0 Å². The molecule has 0 aromatic carbocycles. The van der Waals surface area contributed by atoms with Crippen LogP contribution in [0.5, 0.6) is 0 Å². The van der Waals surface area contributed by atoms with E-state index in [1.54, 1.807) is 0 Å². The summed E-state index contributed by atoms with van der Waals surface area (Å²) in [6, 6.07) is 0.441. The van der Waals surface area contributed by atoms with Crippen LogP contribution in [0.15, 0.2) is 12.4 Å². The van der Waals surface area contributed by atoms with Gasteiger partial charge in [-0.15, -0.1) is 0 Å². The van der Waals surface area contributed by atoms with Crippen LogP contribution in [-0.4, -0.2) is 23.2 Å². The molecule has 0 saturated heterocycles. The lowest BCUT2D eigenvalue weighted by Gasteiger charge is -2.22. The van der Waals surface area contributed by atoms with Crippen LogP contribution in [0.3, 0.4) is 0 Å². The number of carbonyl (C=O) groups is 1. The summed E-state index contributed by atoms with van der Waals surface area (Å²) in [6.07, 6.45) is 7.66. The monoisotopic (exact) mass is 264 g/mol. The van der Waals surface area contributed by atoms with Crippen LogP contribution in [0.1, 0.15) is 50.8 Å². The Morgan fingerprint density at radius 2 is 2.32 bits per heavy atom. The topological polar surface area (TPSA) is 43.3 Å². The number of aromatic nitrogens is 1. The molecule has 1 N–H and O–H groups in total. The first kappa shape index (κ1) is 14.1. The van der Waals surface area contributed by atoms with Crippen molar-refractivity contribution >= 4 is 5.97 Å². The Hall–Kier alpha value is -1.29. The Labute approximate surface area is 115 Å². The number of esters is 1. The Morgan fingerprint density at radius 1 is 1.53 bits per heavy atom. The molecule has 0 amide bonds. The van der Waals surface area contributed by atoms with Crippen molar-refractivity contribution in [3.63, 3.8) is 0 Å². The standard InChI is InChI=1S/C15H24N2O2/c1-4-16-14-7-5-6-12-8-17(9-13(12)14)10-15(18)19-11(2)3/h8-9,11,14,16H,4-7,10H2,1-3H3. The molecule has 1 unspecified atom stereocenters. The Morgan fingerprint density at radius 3 is 3.00 bits per heavy atom. The van der Waals surface area contributed by atoms with Crippen LogP contribution in [0, 0.1) is 0 Å². The summed E-state index contributed by atoms with van der Waals surface area (Å²) in [6.45, 7) is 7.17. The fraction of sp³-hybridized carbons (Fsp3) is 0.667. The summed E-state index contributed by atoms with van der Waals surface area (Å²) in [7, 11) is 0. The molecule has 1 aromatic heterocycles. The molecular formula is C15H24N2O2. The first-order chi connectivity index (χ1) is 9.10. The van der Waals surface area contributed by atoms with E-state index < -0.39 is 0 Å². The predicted molar refractivity (Wildman–Crippen MR) is 75.0 cm³/mol. The van der Waals surface area contributed by atoms with Gasteiger partial charge in [-0.25, -0.2) is 0 Å². The highest BCUT2D eigenvalue weighted by molar-refractivity contribution is 5.69. The maximum Gasteiger partial charge on any atom is 0.326 e. The molecular weight excluding hydrogens is 240 g/mol. The van der Waals surface area contributed by atoms with E-state index >= 15 is 0 Å². The SMILES string of the molecule is CCNC1CCCc2cn(CC(=O)OC(C)C)cc21. The van der Waals surface area contributed by atoms with Crippen molar-refractivity contribution in [2.75, 3.05) is 6.54 Å². The number of nitrogens with one attached hydrogen (secondary N) is 1. The maximum atomic E-state index is 11.7. The summed E-state index contributed by atoms with van der Waals surface area (Å²) >= 11 is 0. The number of hydrogen-bond acceptors (Lipinski definition) is 3. The molecule has 4 heteroatoms. The fourth-order valence-corrected chi connectivity index (χ4v) is 2.75. The van der Waals surface area contributed by atoms with Crippen LogP contribution < -0.4 is 5.32 Å². The molecule has 1 aliphatic rings. The largest absolute Gasteiger partial charge is 0.462 e. The van der Waals surface area contributed by atoms with Gasteiger partial charge in [-0.3, -0.25) is 4.79 Å². The first-order valence-corrected chi connectivity index (χ1v) is 7.21. The molecule has 1 heterocycles. The second-order valence-corrected chi connectivity index (χ2v) is 5.45. The number of rotatable bonds is 5. The number of aryl methyl sites for hydroxylation is 1. The third-order valence-electron chi connectivity index (χ3n) is 3.44. The highest BCUT2D eigenvalue weighted by Crippen LogP contribution is 2.30. The van der Waals surface area contributed by atoms with Gasteiger partial charge in [-0.05, 0) is 50.8 Å². The summed E-state index contributed by atoms with van der Waals surface area (Å²) in [5.41, 5.74) is 2.72. The predicted octanol–water partition coefficient (Wildman–Crippen LogP) is 2.43. The highest BCUT2D eigenvalue weighted by Gasteiger charge is 2.21. The van der Waals surface area contributed by atoms with Gasteiger partial charge in [0.15, 0.2) is 0 Å². The van der Waals surface area contributed by atoms with E-state index in [4.69, 9.17) is 4.74 Å². The minimum absolute atomic E-state index is 0.0489. The molecule has 0 fully saturated rings. The second kappa shape index (κ2) is 6.24. The van der Waals surface area contributed by atoms with Gasteiger partial charge in [-0.2, -0.15) is 0 Å². The van der Waals surface area contributed by atoms with Gasteiger partial charge in [0.05, 0.1) is 6.10 Å². The van der Waals surface area contributed by atoms with Crippen molar-refractivity contribution in [1.82, 2.24) is 9.88 Å². The third kappa shape index (κ3) is 3.60. The van der Waals surface area contributed by atoms with Gasteiger partial charge in [-0.1, -0.05) is 6.92 Å². The van der Waals surface area contributed by atoms with Crippen LogP contribution in [0.4, 0.5) is 0 Å². The number of carbonyl (C=O) groups excluding carboxylic acids is 1. The molecule has 1 aromatic rings. The smallest absolute Gasteiger partial charge is 0.326 e. The molecule has 19 heavy (non-hydrogen) atoms. The van der Waals surface area contributed by atoms with Gasteiger partial charge >= 0.3 is 5.97 Å². The van der Waals surface area contributed by atoms with Crippen LogP contribution in [-0.2, 0) is 22.5 Å². The van der Waals surface area contributed by atoms with E-state index in [9.17, 15) is 4.79 Å². The lowest BCUT2D eigenvalue weighted by molar-refractivity contribution is -0.148. The second-order valence-electron chi connectivity index (χ2n) is 5.45. The van der Waals surface area contributed by atoms with Crippen molar-refractivity contribution in [1.29, 1.82) is 0 Å². The molecule has 0 saturated carbocycles. The fourth-order valence-electron chi connectivity index (χ4n) is 2.75. The molecule has 1 atom stereocenters. The zero-order valence-corrected chi connectivity index (χ0v) is 12.1. The average Bonchev–Trinajstić information content (AvgIpc) is 2.71. The Bertz CT molecular complexity index is 437. The Balaban J connectivity index is 2.06. The van der Waals surface area contributed by atoms with Crippen molar-refractivity contribution < 1.29 is 9.53 Å². The van der Waals surface area contributed by atoms with Crippen molar-refractivity contribution in [3.05, 3.63) is 23.5 Å². The normalized spacial score (nSPS) is 18.4. The zero-order valence-electron chi connectivity index (χ0n) is 12.1. The average molecular weight is 264 g/mol. The van der Waals surface area contributed by atoms with Gasteiger partial charge < -0.3 is 14.6 Å². The summed E-state index contributed by atoms with van der Waals surface area (Å²) in [5, 5.41) is 3.51. The minimum atomic E-state index is -0.164. The number of fused-ring (bicyclic) bond motifs is 1. The molecule has 106 valence electrons. The van der Waals surface area contributed by atoms with E-state index in [-0.39, 0.29) is 12.1 Å². The van der Waals surface area contributed by atoms with E-state index in [2.05, 4.69) is 24.6 Å². The van der Waals surface area contributed by atoms with E-state index in [0.717, 1.165) is 13.0 Å². The zero-order chi connectivity index (χ0) is 13.8. The van der Waals surface area contributed by atoms with E-state index in [0.29, 0.717) is 12.6 Å². The lowest BCUT2D eigenvalue weighted by Crippen LogP contribution is -2.23. The summed E-state index contributed by atoms with van der Waals surface area (Å²) < 4.78 is 7.15. The van der Waals surface area contributed by atoms with Crippen LogP contribution in [0.25, 0.3) is 0 Å². The van der Waals surface area contributed by atoms with Crippen molar-refractivity contribution in [2.45, 2.75) is 58.7 Å². The van der Waals surface area contributed by atoms with Gasteiger partial charge in [0.1, 0.15) is 6.54 Å². The van der Waals surface area contributed by atoms with Gasteiger partial charge in [0, 0.05) is 18.4 Å². The molecule has 0 aliphatic heterocycles. The van der Waals surface area contributed by atoms with E-state index in [1.165, 1.54) is 24.0 Å². The number of ether oxygens (including phenoxy) is 1. The van der Waals surface area contributed by atoms with Gasteiger partial charge in [0.25, 0.3) is 0 Å². The molecule has 0 bridgehead atoms.